The third-order valence-electron chi connectivity index (χ3n) is 4.64. The molecule has 26 heavy (non-hydrogen) atoms. The first kappa shape index (κ1) is 18.2. The highest BCUT2D eigenvalue weighted by Gasteiger charge is 2.41. The lowest BCUT2D eigenvalue weighted by atomic mass is 9.97. The van der Waals surface area contributed by atoms with Gasteiger partial charge in [0.1, 0.15) is 10.5 Å². The van der Waals surface area contributed by atoms with Crippen LogP contribution in [0, 0.1) is 0 Å². The molecule has 3 rings (SSSR count). The van der Waals surface area contributed by atoms with Crippen LogP contribution in [0.15, 0.2) is 83.8 Å². The van der Waals surface area contributed by atoms with Gasteiger partial charge in [0, 0.05) is 0 Å². The summed E-state index contributed by atoms with van der Waals surface area (Å²) in [6.07, 6.45) is 0. The van der Waals surface area contributed by atoms with Gasteiger partial charge in [-0.05, 0) is 47.9 Å². The van der Waals surface area contributed by atoms with E-state index in [1.54, 1.807) is 12.1 Å². The van der Waals surface area contributed by atoms with E-state index in [2.05, 4.69) is 0 Å². The number of hydrogen-bond donors (Lipinski definition) is 2. The van der Waals surface area contributed by atoms with Crippen molar-refractivity contribution in [1.29, 1.82) is 0 Å². The summed E-state index contributed by atoms with van der Waals surface area (Å²) in [5.74, 6) is -0.0122. The van der Waals surface area contributed by atoms with E-state index in [1.165, 1.54) is 31.2 Å². The van der Waals surface area contributed by atoms with Crippen LogP contribution in [0.5, 0.6) is 5.75 Å². The second-order valence-corrected chi connectivity index (χ2v) is 8.71. The minimum absolute atomic E-state index is 0.0122. The molecule has 0 aliphatic carbocycles. The van der Waals surface area contributed by atoms with Crippen LogP contribution in [0.1, 0.15) is 12.5 Å². The van der Waals surface area contributed by atoms with Crippen molar-refractivity contribution in [1.82, 2.24) is 0 Å². The fourth-order valence-corrected chi connectivity index (χ4v) is 4.49. The van der Waals surface area contributed by atoms with E-state index in [0.717, 1.165) is 11.1 Å². The van der Waals surface area contributed by atoms with Crippen LogP contribution in [-0.2, 0) is 14.6 Å². The third kappa shape index (κ3) is 3.11. The summed E-state index contributed by atoms with van der Waals surface area (Å²) in [6.45, 7) is 0.952. The zero-order chi connectivity index (χ0) is 18.8. The Hall–Kier alpha value is -2.63. The molecule has 0 fully saturated rings. The van der Waals surface area contributed by atoms with Crippen LogP contribution in [0.25, 0.3) is 11.1 Å². The molecule has 134 valence electrons. The molecule has 1 unspecified atom stereocenters. The number of benzene rings is 3. The van der Waals surface area contributed by atoms with Crippen molar-refractivity contribution in [2.45, 2.75) is 16.6 Å². The van der Waals surface area contributed by atoms with Crippen LogP contribution in [0.4, 0.5) is 0 Å². The standard InChI is InChI=1S/C21H20O4S/c1-21(15-22,26(24,25)20-13-11-19(23)12-14-20)18-9-7-17(8-10-18)16-5-3-2-4-6-16/h2-14,22-23H,15H2,1H3. The Balaban J connectivity index is 2.03. The molecule has 0 amide bonds. The van der Waals surface area contributed by atoms with Crippen LogP contribution in [0.2, 0.25) is 0 Å². The maximum atomic E-state index is 13.1. The van der Waals surface area contributed by atoms with E-state index >= 15 is 0 Å². The topological polar surface area (TPSA) is 74.6 Å². The fourth-order valence-electron chi connectivity index (χ4n) is 2.86. The molecule has 0 spiro atoms. The lowest BCUT2D eigenvalue weighted by molar-refractivity contribution is 0.250. The Morgan fingerprint density at radius 3 is 1.88 bits per heavy atom. The monoisotopic (exact) mass is 368 g/mol. The lowest BCUT2D eigenvalue weighted by Gasteiger charge is -2.28. The van der Waals surface area contributed by atoms with Gasteiger partial charge in [0.25, 0.3) is 0 Å². The van der Waals surface area contributed by atoms with E-state index in [4.69, 9.17) is 0 Å². The Morgan fingerprint density at radius 1 is 0.808 bits per heavy atom. The first-order valence-electron chi connectivity index (χ1n) is 8.19. The predicted molar refractivity (Wildman–Crippen MR) is 102 cm³/mol. The number of aliphatic hydroxyl groups excluding tert-OH is 1. The van der Waals surface area contributed by atoms with E-state index in [-0.39, 0.29) is 10.6 Å². The molecule has 3 aromatic rings. The minimum Gasteiger partial charge on any atom is -0.508 e. The van der Waals surface area contributed by atoms with Gasteiger partial charge in [-0.15, -0.1) is 0 Å². The fraction of sp³-hybridized carbons (Fsp3) is 0.143. The number of aromatic hydroxyl groups is 1. The first-order valence-corrected chi connectivity index (χ1v) is 9.67. The zero-order valence-corrected chi connectivity index (χ0v) is 15.1. The number of hydrogen-bond acceptors (Lipinski definition) is 4. The Labute approximate surface area is 153 Å². The van der Waals surface area contributed by atoms with Gasteiger partial charge in [-0.3, -0.25) is 0 Å². The highest BCUT2D eigenvalue weighted by Crippen LogP contribution is 2.36. The van der Waals surface area contributed by atoms with Crippen molar-refractivity contribution in [3.63, 3.8) is 0 Å². The molecule has 1 atom stereocenters. The Kier molecular flexibility index (Phi) is 4.85. The number of aliphatic hydroxyl groups is 1. The Morgan fingerprint density at radius 2 is 1.35 bits per heavy atom. The molecule has 0 heterocycles. The van der Waals surface area contributed by atoms with Crippen LogP contribution in [-0.4, -0.2) is 25.2 Å². The van der Waals surface area contributed by atoms with Gasteiger partial charge in [0.2, 0.25) is 0 Å². The maximum Gasteiger partial charge on any atom is 0.190 e. The number of phenolic OH excluding ortho intramolecular Hbond substituents is 1. The highest BCUT2D eigenvalue weighted by atomic mass is 32.2. The largest absolute Gasteiger partial charge is 0.508 e. The Bertz CT molecular complexity index is 978. The van der Waals surface area contributed by atoms with Crippen molar-refractivity contribution in [3.8, 4) is 16.9 Å². The van der Waals surface area contributed by atoms with Crippen molar-refractivity contribution in [2.24, 2.45) is 0 Å². The van der Waals surface area contributed by atoms with Gasteiger partial charge in [-0.25, -0.2) is 8.42 Å². The number of rotatable bonds is 5. The van der Waals surface area contributed by atoms with Crippen LogP contribution < -0.4 is 0 Å². The molecule has 3 aromatic carbocycles. The van der Waals surface area contributed by atoms with Gasteiger partial charge < -0.3 is 10.2 Å². The number of sulfone groups is 1. The van der Waals surface area contributed by atoms with Crippen LogP contribution in [0.3, 0.4) is 0 Å². The molecular formula is C21H20O4S. The van der Waals surface area contributed by atoms with Crippen molar-refractivity contribution in [2.75, 3.05) is 6.61 Å². The normalized spacial score (nSPS) is 13.9. The second kappa shape index (κ2) is 6.94. The van der Waals surface area contributed by atoms with Crippen molar-refractivity contribution < 1.29 is 18.6 Å². The minimum atomic E-state index is -3.86. The molecule has 0 saturated carbocycles. The first-order chi connectivity index (χ1) is 12.4. The van der Waals surface area contributed by atoms with Crippen molar-refractivity contribution >= 4 is 9.84 Å². The summed E-state index contributed by atoms with van der Waals surface area (Å²) in [6, 6.07) is 22.3. The second-order valence-electron chi connectivity index (χ2n) is 6.33. The molecule has 5 heteroatoms. The molecular weight excluding hydrogens is 348 g/mol. The summed E-state index contributed by atoms with van der Waals surface area (Å²) in [4.78, 5) is 0.0546. The smallest absolute Gasteiger partial charge is 0.190 e. The summed E-state index contributed by atoms with van der Waals surface area (Å²) in [5, 5.41) is 19.3. The predicted octanol–water partition coefficient (Wildman–Crippen LogP) is 3.74. The lowest BCUT2D eigenvalue weighted by Crippen LogP contribution is -2.36. The average molecular weight is 368 g/mol. The van der Waals surface area contributed by atoms with Crippen molar-refractivity contribution in [3.05, 3.63) is 84.4 Å². The quantitative estimate of drug-likeness (QED) is 0.719. The van der Waals surface area contributed by atoms with Gasteiger partial charge >= 0.3 is 0 Å². The van der Waals surface area contributed by atoms with E-state index in [1.807, 2.05) is 42.5 Å². The van der Waals surface area contributed by atoms with E-state index < -0.39 is 21.2 Å². The van der Waals surface area contributed by atoms with Gasteiger partial charge in [-0.1, -0.05) is 54.6 Å². The summed E-state index contributed by atoms with van der Waals surface area (Å²) >= 11 is 0. The molecule has 0 radical (unpaired) electrons. The third-order valence-corrected chi connectivity index (χ3v) is 7.09. The molecule has 4 nitrogen and oxygen atoms in total. The van der Waals surface area contributed by atoms with Gasteiger partial charge in [0.15, 0.2) is 9.84 Å². The van der Waals surface area contributed by atoms with E-state index in [9.17, 15) is 18.6 Å². The summed E-state index contributed by atoms with van der Waals surface area (Å²) in [7, 11) is -3.86. The van der Waals surface area contributed by atoms with Gasteiger partial charge in [0.05, 0.1) is 11.5 Å². The maximum absolute atomic E-state index is 13.1. The zero-order valence-electron chi connectivity index (χ0n) is 14.3. The van der Waals surface area contributed by atoms with E-state index in [0.29, 0.717) is 5.56 Å². The SMILES string of the molecule is CC(CO)(c1ccc(-c2ccccc2)cc1)S(=O)(=O)c1ccc(O)cc1. The molecule has 0 aromatic heterocycles. The van der Waals surface area contributed by atoms with Crippen LogP contribution >= 0.6 is 0 Å². The molecule has 0 bridgehead atoms. The highest BCUT2D eigenvalue weighted by molar-refractivity contribution is 7.92. The summed E-state index contributed by atoms with van der Waals surface area (Å²) < 4.78 is 24.7. The molecule has 0 aliphatic rings. The number of phenols is 1. The molecule has 2 N–H and O–H groups in total. The molecule has 0 aliphatic heterocycles. The summed E-state index contributed by atoms with van der Waals surface area (Å²) in [5.41, 5.74) is 2.51. The van der Waals surface area contributed by atoms with Gasteiger partial charge in [-0.2, -0.15) is 0 Å². The molecule has 0 saturated heterocycles. The average Bonchev–Trinajstić information content (AvgIpc) is 2.68.